The van der Waals surface area contributed by atoms with Crippen LogP contribution in [0.2, 0.25) is 0 Å². The Bertz CT molecular complexity index is 853. The fraction of sp³-hybridized carbons (Fsp3) is 0.417. The van der Waals surface area contributed by atoms with Crippen LogP contribution < -0.4 is 20.3 Å². The van der Waals surface area contributed by atoms with Gasteiger partial charge in [0.25, 0.3) is 11.8 Å². The maximum atomic E-state index is 12.6. The number of halogens is 1. The smallest absolute Gasteiger partial charge is 0.273 e. The molecule has 0 aliphatic heterocycles. The minimum absolute atomic E-state index is 0.350. The lowest BCUT2D eigenvalue weighted by molar-refractivity contribution is 0.0844. The third-order valence-corrected chi connectivity index (χ3v) is 4.92. The van der Waals surface area contributed by atoms with Crippen molar-refractivity contribution in [3.63, 3.8) is 0 Å². The van der Waals surface area contributed by atoms with E-state index in [1.54, 1.807) is 36.4 Å². The first-order valence-corrected chi connectivity index (χ1v) is 11.5. The van der Waals surface area contributed by atoms with Crippen molar-refractivity contribution in [1.82, 2.24) is 10.9 Å². The first kappa shape index (κ1) is 24.7. The second kappa shape index (κ2) is 13.0. The Balaban J connectivity index is 1.92. The number of ether oxygens (including phenoxy) is 2. The molecule has 0 saturated carbocycles. The molecule has 0 aliphatic carbocycles. The van der Waals surface area contributed by atoms with Gasteiger partial charge in [0.2, 0.25) is 0 Å². The van der Waals surface area contributed by atoms with E-state index in [1.807, 2.05) is 6.07 Å². The fourth-order valence-corrected chi connectivity index (χ4v) is 3.10. The van der Waals surface area contributed by atoms with Crippen LogP contribution in [0.5, 0.6) is 11.5 Å². The molecule has 2 N–H and O–H groups in total. The van der Waals surface area contributed by atoms with Crippen LogP contribution in [0, 0.1) is 5.92 Å². The Morgan fingerprint density at radius 3 is 2.32 bits per heavy atom. The fourth-order valence-electron chi connectivity index (χ4n) is 2.73. The normalized spacial score (nSPS) is 10.6. The highest BCUT2D eigenvalue weighted by Gasteiger charge is 2.15. The van der Waals surface area contributed by atoms with E-state index >= 15 is 0 Å². The van der Waals surface area contributed by atoms with Gasteiger partial charge in [0.15, 0.2) is 0 Å². The highest BCUT2D eigenvalue weighted by Crippen LogP contribution is 2.23. The largest absolute Gasteiger partial charge is 0.493 e. The van der Waals surface area contributed by atoms with Gasteiger partial charge in [-0.1, -0.05) is 56.0 Å². The average Bonchev–Trinajstić information content (AvgIpc) is 2.76. The SMILES string of the molecule is CCCCCCOc1ccc(Br)cc1C(=O)NNC(=O)c1ccc(OCC(C)C)cc1. The molecule has 168 valence electrons. The molecule has 2 rings (SSSR count). The van der Waals surface area contributed by atoms with Crippen molar-refractivity contribution in [1.29, 1.82) is 0 Å². The van der Waals surface area contributed by atoms with E-state index < -0.39 is 11.8 Å². The highest BCUT2D eigenvalue weighted by molar-refractivity contribution is 9.10. The van der Waals surface area contributed by atoms with Gasteiger partial charge in [-0.25, -0.2) is 0 Å². The number of hydrazine groups is 1. The summed E-state index contributed by atoms with van der Waals surface area (Å²) >= 11 is 3.38. The van der Waals surface area contributed by atoms with E-state index in [-0.39, 0.29) is 0 Å². The summed E-state index contributed by atoms with van der Waals surface area (Å²) in [5.41, 5.74) is 5.67. The van der Waals surface area contributed by atoms with Crippen LogP contribution in [-0.4, -0.2) is 25.0 Å². The molecular weight excluding hydrogens is 460 g/mol. The zero-order valence-electron chi connectivity index (χ0n) is 18.4. The van der Waals surface area contributed by atoms with Crippen molar-refractivity contribution >= 4 is 27.7 Å². The summed E-state index contributed by atoms with van der Waals surface area (Å²) in [4.78, 5) is 25.0. The molecule has 0 unspecified atom stereocenters. The summed E-state index contributed by atoms with van der Waals surface area (Å²) in [6.45, 7) is 7.44. The van der Waals surface area contributed by atoms with Crippen LogP contribution in [-0.2, 0) is 0 Å². The van der Waals surface area contributed by atoms with Crippen molar-refractivity contribution in [2.45, 2.75) is 46.5 Å². The molecule has 0 atom stereocenters. The average molecular weight is 491 g/mol. The standard InChI is InChI=1S/C24H31BrN2O4/c1-4-5-6-7-14-30-22-13-10-19(25)15-21(22)24(29)27-26-23(28)18-8-11-20(12-9-18)31-16-17(2)3/h8-13,15,17H,4-7,14,16H2,1-3H3,(H,26,28)(H,27,29). The van der Waals surface area contributed by atoms with Gasteiger partial charge in [-0.2, -0.15) is 0 Å². The molecule has 0 saturated heterocycles. The van der Waals surface area contributed by atoms with Crippen LogP contribution in [0.3, 0.4) is 0 Å². The number of benzene rings is 2. The highest BCUT2D eigenvalue weighted by atomic mass is 79.9. The third-order valence-electron chi connectivity index (χ3n) is 4.43. The van der Waals surface area contributed by atoms with E-state index in [0.29, 0.717) is 41.8 Å². The van der Waals surface area contributed by atoms with E-state index in [0.717, 1.165) is 30.2 Å². The van der Waals surface area contributed by atoms with Gasteiger partial charge < -0.3 is 9.47 Å². The van der Waals surface area contributed by atoms with Crippen LogP contribution >= 0.6 is 15.9 Å². The molecule has 2 amide bonds. The number of carbonyl (C=O) groups is 2. The second-order valence-corrected chi connectivity index (χ2v) is 8.60. The quantitative estimate of drug-likeness (QED) is 0.321. The lowest BCUT2D eigenvalue weighted by Crippen LogP contribution is -2.41. The van der Waals surface area contributed by atoms with E-state index in [2.05, 4.69) is 47.6 Å². The number of amides is 2. The van der Waals surface area contributed by atoms with Crippen LogP contribution in [0.1, 0.15) is 67.2 Å². The number of hydrogen-bond acceptors (Lipinski definition) is 4. The van der Waals surface area contributed by atoms with Gasteiger partial charge in [-0.3, -0.25) is 20.4 Å². The maximum absolute atomic E-state index is 12.6. The molecule has 0 bridgehead atoms. The molecule has 0 spiro atoms. The molecule has 2 aromatic carbocycles. The minimum atomic E-state index is -0.449. The number of rotatable bonds is 11. The van der Waals surface area contributed by atoms with Crippen molar-refractivity contribution in [3.8, 4) is 11.5 Å². The number of hydrogen-bond donors (Lipinski definition) is 2. The lowest BCUT2D eigenvalue weighted by Gasteiger charge is -2.13. The number of nitrogens with one attached hydrogen (secondary N) is 2. The molecule has 0 aliphatic rings. The van der Waals surface area contributed by atoms with E-state index in [9.17, 15) is 9.59 Å². The van der Waals surface area contributed by atoms with Gasteiger partial charge in [0.05, 0.1) is 18.8 Å². The molecule has 2 aromatic rings. The van der Waals surface area contributed by atoms with Gasteiger partial charge in [0.1, 0.15) is 11.5 Å². The van der Waals surface area contributed by atoms with E-state index in [4.69, 9.17) is 9.47 Å². The predicted octanol–water partition coefficient (Wildman–Crippen LogP) is 5.52. The molecule has 31 heavy (non-hydrogen) atoms. The molecule has 0 heterocycles. The third kappa shape index (κ3) is 8.61. The number of carbonyl (C=O) groups excluding carboxylic acids is 2. The predicted molar refractivity (Wildman–Crippen MR) is 125 cm³/mol. The first-order chi connectivity index (χ1) is 14.9. The summed E-state index contributed by atoms with van der Waals surface area (Å²) in [5, 5.41) is 0. The Morgan fingerprint density at radius 1 is 0.935 bits per heavy atom. The van der Waals surface area contributed by atoms with Crippen molar-refractivity contribution in [2.24, 2.45) is 5.92 Å². The van der Waals surface area contributed by atoms with Crippen molar-refractivity contribution in [3.05, 3.63) is 58.1 Å². The maximum Gasteiger partial charge on any atom is 0.273 e. The summed E-state index contributed by atoms with van der Waals surface area (Å²) < 4.78 is 12.2. The first-order valence-electron chi connectivity index (χ1n) is 10.7. The van der Waals surface area contributed by atoms with Gasteiger partial charge in [-0.15, -0.1) is 0 Å². The zero-order valence-corrected chi connectivity index (χ0v) is 20.0. The summed E-state index contributed by atoms with van der Waals surface area (Å²) in [5.74, 6) is 0.736. The summed E-state index contributed by atoms with van der Waals surface area (Å²) in [6.07, 6.45) is 4.33. The van der Waals surface area contributed by atoms with Crippen LogP contribution in [0.15, 0.2) is 46.9 Å². The van der Waals surface area contributed by atoms with Gasteiger partial charge in [0, 0.05) is 10.0 Å². The summed E-state index contributed by atoms with van der Waals surface area (Å²) in [7, 11) is 0. The Morgan fingerprint density at radius 2 is 1.65 bits per heavy atom. The Labute approximate surface area is 192 Å². The summed E-state index contributed by atoms with van der Waals surface area (Å²) in [6, 6.07) is 12.0. The van der Waals surface area contributed by atoms with Crippen molar-refractivity contribution < 1.29 is 19.1 Å². The van der Waals surface area contributed by atoms with Crippen molar-refractivity contribution in [2.75, 3.05) is 13.2 Å². The zero-order chi connectivity index (χ0) is 22.6. The molecule has 0 radical (unpaired) electrons. The molecule has 7 heteroatoms. The molecule has 0 fully saturated rings. The monoisotopic (exact) mass is 490 g/mol. The Hall–Kier alpha value is -2.54. The Kier molecular flexibility index (Phi) is 10.4. The van der Waals surface area contributed by atoms with Crippen LogP contribution in [0.4, 0.5) is 0 Å². The van der Waals surface area contributed by atoms with Gasteiger partial charge >= 0.3 is 0 Å². The molecular formula is C24H31BrN2O4. The minimum Gasteiger partial charge on any atom is -0.493 e. The molecule has 0 aromatic heterocycles. The molecule has 6 nitrogen and oxygen atoms in total. The van der Waals surface area contributed by atoms with E-state index in [1.165, 1.54) is 0 Å². The second-order valence-electron chi connectivity index (χ2n) is 7.69. The van der Waals surface area contributed by atoms with Gasteiger partial charge in [-0.05, 0) is 54.8 Å². The number of unbranched alkanes of at least 4 members (excludes halogenated alkanes) is 3. The topological polar surface area (TPSA) is 76.7 Å². The lowest BCUT2D eigenvalue weighted by atomic mass is 10.2. The van der Waals surface area contributed by atoms with Crippen LogP contribution in [0.25, 0.3) is 0 Å².